The van der Waals surface area contributed by atoms with Gasteiger partial charge in [-0.15, -0.1) is 0 Å². The van der Waals surface area contributed by atoms with Crippen LogP contribution in [0.15, 0.2) is 59.2 Å². The van der Waals surface area contributed by atoms with E-state index in [1.54, 1.807) is 0 Å². The van der Waals surface area contributed by atoms with Crippen molar-refractivity contribution >= 4 is 44.5 Å². The molecule has 1 aliphatic heterocycles. The number of rotatable bonds is 8. The highest BCUT2D eigenvalue weighted by molar-refractivity contribution is 9.10. The molecule has 0 saturated carbocycles. The highest BCUT2D eigenvalue weighted by Crippen LogP contribution is 2.36. The number of pyridine rings is 1. The summed E-state index contributed by atoms with van der Waals surface area (Å²) in [6.45, 7) is 10.1. The molecule has 214 valence electrons. The van der Waals surface area contributed by atoms with Crippen molar-refractivity contribution in [2.75, 3.05) is 18.0 Å². The molecule has 1 saturated heterocycles. The molecule has 1 amide bonds. The Morgan fingerprint density at radius 1 is 1.02 bits per heavy atom. The van der Waals surface area contributed by atoms with E-state index in [4.69, 9.17) is 4.98 Å². The van der Waals surface area contributed by atoms with E-state index in [1.807, 2.05) is 37.3 Å². The fourth-order valence-corrected chi connectivity index (χ4v) is 6.84. The molecule has 0 unspecified atom stereocenters. The van der Waals surface area contributed by atoms with Crippen molar-refractivity contribution in [3.8, 4) is 5.69 Å². The first-order valence-electron chi connectivity index (χ1n) is 14.2. The molecule has 3 heterocycles. The average Bonchev–Trinajstić information content (AvgIpc) is 3.23. The van der Waals surface area contributed by atoms with E-state index in [0.717, 1.165) is 53.0 Å². The minimum absolute atomic E-state index is 0.193. The van der Waals surface area contributed by atoms with Crippen LogP contribution in [0.3, 0.4) is 0 Å². The summed E-state index contributed by atoms with van der Waals surface area (Å²) in [5, 5.41) is 13.6. The zero-order valence-corrected chi connectivity index (χ0v) is 25.7. The molecule has 0 aliphatic carbocycles. The summed E-state index contributed by atoms with van der Waals surface area (Å²) >= 11 is 3.62. The number of hydrogen-bond donors (Lipinski definition) is 2. The van der Waals surface area contributed by atoms with Gasteiger partial charge in [-0.05, 0) is 86.9 Å². The molecule has 1 aliphatic rings. The minimum Gasteiger partial charge on any atom is -0.480 e. The number of carbonyl (C=O) groups excluding carboxylic acids is 1. The number of piperidine rings is 1. The van der Waals surface area contributed by atoms with Crippen LogP contribution in [-0.2, 0) is 16.0 Å². The lowest BCUT2D eigenvalue weighted by atomic mass is 9.92. The van der Waals surface area contributed by atoms with Crippen molar-refractivity contribution < 1.29 is 14.7 Å². The van der Waals surface area contributed by atoms with E-state index in [1.165, 1.54) is 27.8 Å². The Balaban J connectivity index is 1.29. The standard InChI is InChI=1S/C33H37BrN4O3/c1-20-14-26(34)15-21(2)31(20)38-19-22(3)30-28(16-23(4)35-32(30)38)37-12-10-25(11-13-37)18-29(39)36-27(33(40)41)17-24-8-6-5-7-9-24/h5-9,14-16,19,25,27H,10-13,17-18H2,1-4H3,(H,36,39)(H,40,41)/t27-/m0/s1. The first kappa shape index (κ1) is 28.9. The number of carbonyl (C=O) groups is 2. The normalized spacial score (nSPS) is 14.8. The second-order valence-electron chi connectivity index (χ2n) is 11.3. The highest BCUT2D eigenvalue weighted by Gasteiger charge is 2.27. The summed E-state index contributed by atoms with van der Waals surface area (Å²) in [6, 6.07) is 14.9. The lowest BCUT2D eigenvalue weighted by molar-refractivity contribution is -0.142. The average molecular weight is 618 g/mol. The number of hydrogen-bond acceptors (Lipinski definition) is 4. The number of nitrogens with zero attached hydrogens (tertiary/aromatic N) is 3. The maximum Gasteiger partial charge on any atom is 0.326 e. The molecule has 0 radical (unpaired) electrons. The monoisotopic (exact) mass is 616 g/mol. The topological polar surface area (TPSA) is 87.5 Å². The van der Waals surface area contributed by atoms with E-state index < -0.39 is 12.0 Å². The highest BCUT2D eigenvalue weighted by atomic mass is 79.9. The number of amides is 1. The van der Waals surface area contributed by atoms with Crippen molar-refractivity contribution in [2.24, 2.45) is 5.92 Å². The molecule has 1 atom stereocenters. The molecule has 4 aromatic rings. The predicted octanol–water partition coefficient (Wildman–Crippen LogP) is 6.44. The Bertz CT molecular complexity index is 1570. The van der Waals surface area contributed by atoms with Crippen LogP contribution in [0.2, 0.25) is 0 Å². The SMILES string of the molecule is Cc1cc(N2CCC(CC(=O)N[C@@H](Cc3ccccc3)C(=O)O)CC2)c2c(C)cn(-c3c(C)cc(Br)cc3C)c2n1. The number of carboxylic acid groups (broad SMARTS) is 1. The van der Waals surface area contributed by atoms with Crippen molar-refractivity contribution in [1.29, 1.82) is 0 Å². The van der Waals surface area contributed by atoms with Gasteiger partial charge in [0.2, 0.25) is 5.91 Å². The fourth-order valence-electron chi connectivity index (χ4n) is 6.16. The third-order valence-corrected chi connectivity index (χ3v) is 8.55. The number of anilines is 1. The quantitative estimate of drug-likeness (QED) is 0.238. The third-order valence-electron chi connectivity index (χ3n) is 8.09. The van der Waals surface area contributed by atoms with Crippen molar-refractivity contribution in [3.63, 3.8) is 0 Å². The number of carboxylic acids is 1. The van der Waals surface area contributed by atoms with Gasteiger partial charge in [0.15, 0.2) is 0 Å². The number of benzene rings is 2. The largest absolute Gasteiger partial charge is 0.480 e. The van der Waals surface area contributed by atoms with Gasteiger partial charge in [-0.2, -0.15) is 0 Å². The molecule has 2 aromatic heterocycles. The van der Waals surface area contributed by atoms with Crippen molar-refractivity contribution in [1.82, 2.24) is 14.9 Å². The van der Waals surface area contributed by atoms with Gasteiger partial charge >= 0.3 is 5.97 Å². The van der Waals surface area contributed by atoms with Gasteiger partial charge in [0.1, 0.15) is 11.7 Å². The zero-order chi connectivity index (χ0) is 29.3. The smallest absolute Gasteiger partial charge is 0.326 e. The van der Waals surface area contributed by atoms with E-state index in [0.29, 0.717) is 6.42 Å². The Labute approximate surface area is 249 Å². The molecule has 8 heteroatoms. The second kappa shape index (κ2) is 12.1. The van der Waals surface area contributed by atoms with Crippen LogP contribution in [0.4, 0.5) is 5.69 Å². The van der Waals surface area contributed by atoms with Gasteiger partial charge in [0, 0.05) is 53.4 Å². The molecule has 2 N–H and O–H groups in total. The minimum atomic E-state index is -1.01. The van der Waals surface area contributed by atoms with E-state index >= 15 is 0 Å². The predicted molar refractivity (Wildman–Crippen MR) is 167 cm³/mol. The van der Waals surface area contributed by atoms with Gasteiger partial charge in [-0.25, -0.2) is 9.78 Å². The summed E-state index contributed by atoms with van der Waals surface area (Å²) < 4.78 is 3.30. The molecular formula is C33H37BrN4O3. The molecule has 2 aromatic carbocycles. The maximum absolute atomic E-state index is 12.8. The van der Waals surface area contributed by atoms with Crippen molar-refractivity contribution in [3.05, 3.63) is 87.1 Å². The van der Waals surface area contributed by atoms with Gasteiger partial charge in [0.05, 0.1) is 5.69 Å². The molecule has 41 heavy (non-hydrogen) atoms. The van der Waals surface area contributed by atoms with E-state index in [2.05, 4.69) is 75.9 Å². The number of aromatic nitrogens is 2. The first-order chi connectivity index (χ1) is 19.6. The van der Waals surface area contributed by atoms with Crippen LogP contribution in [0, 0.1) is 33.6 Å². The number of aliphatic carboxylic acids is 1. The fraction of sp³-hybridized carbons (Fsp3) is 0.364. The Morgan fingerprint density at radius 2 is 1.68 bits per heavy atom. The Hall–Kier alpha value is -3.65. The third kappa shape index (κ3) is 6.32. The van der Waals surface area contributed by atoms with E-state index in [-0.39, 0.29) is 18.2 Å². The van der Waals surface area contributed by atoms with Gasteiger partial charge in [0.25, 0.3) is 0 Å². The molecule has 5 rings (SSSR count). The summed E-state index contributed by atoms with van der Waals surface area (Å²) in [5.41, 5.74) is 8.73. The summed E-state index contributed by atoms with van der Waals surface area (Å²) in [7, 11) is 0. The summed E-state index contributed by atoms with van der Waals surface area (Å²) in [6.07, 6.45) is 4.55. The molecule has 7 nitrogen and oxygen atoms in total. The van der Waals surface area contributed by atoms with Crippen LogP contribution in [0.1, 0.15) is 47.2 Å². The van der Waals surface area contributed by atoms with Gasteiger partial charge < -0.3 is 19.9 Å². The second-order valence-corrected chi connectivity index (χ2v) is 12.2. The summed E-state index contributed by atoms with van der Waals surface area (Å²) in [5.74, 6) is -0.985. The molecule has 0 bridgehead atoms. The van der Waals surface area contributed by atoms with Crippen LogP contribution < -0.4 is 10.2 Å². The van der Waals surface area contributed by atoms with Crippen LogP contribution in [0.25, 0.3) is 16.7 Å². The number of nitrogens with one attached hydrogen (secondary N) is 1. The molecule has 1 fully saturated rings. The summed E-state index contributed by atoms with van der Waals surface area (Å²) in [4.78, 5) is 32.0. The molecule has 0 spiro atoms. The van der Waals surface area contributed by atoms with Crippen LogP contribution in [-0.4, -0.2) is 45.7 Å². The van der Waals surface area contributed by atoms with Gasteiger partial charge in [-0.3, -0.25) is 4.79 Å². The number of fused-ring (bicyclic) bond motifs is 1. The first-order valence-corrected chi connectivity index (χ1v) is 15.0. The lowest BCUT2D eigenvalue weighted by Crippen LogP contribution is -2.43. The Morgan fingerprint density at radius 3 is 2.32 bits per heavy atom. The van der Waals surface area contributed by atoms with Gasteiger partial charge in [-0.1, -0.05) is 46.3 Å². The Kier molecular flexibility index (Phi) is 8.50. The van der Waals surface area contributed by atoms with Crippen LogP contribution >= 0.6 is 15.9 Å². The lowest BCUT2D eigenvalue weighted by Gasteiger charge is -2.34. The maximum atomic E-state index is 12.8. The van der Waals surface area contributed by atoms with E-state index in [9.17, 15) is 14.7 Å². The number of aryl methyl sites for hydroxylation is 4. The number of halogens is 1. The van der Waals surface area contributed by atoms with Crippen molar-refractivity contribution in [2.45, 2.75) is 59.4 Å². The molecular weight excluding hydrogens is 580 g/mol. The zero-order valence-electron chi connectivity index (χ0n) is 24.1. The van der Waals surface area contributed by atoms with Crippen LogP contribution in [0.5, 0.6) is 0 Å².